The minimum atomic E-state index is 0.454. The maximum Gasteiger partial charge on any atom is 0.0305 e. The third-order valence-corrected chi connectivity index (χ3v) is 3.70. The van der Waals surface area contributed by atoms with Crippen LogP contribution in [0.4, 0.5) is 8.96 Å². The van der Waals surface area contributed by atoms with Crippen LogP contribution in [0.1, 0.15) is 25.7 Å². The average molecular weight is 233 g/mol. The van der Waals surface area contributed by atoms with E-state index in [2.05, 4.69) is 5.32 Å². The van der Waals surface area contributed by atoms with Crippen molar-refractivity contribution in [1.29, 1.82) is 0 Å². The first-order chi connectivity index (χ1) is 7.74. The Balaban J connectivity index is 1.60. The van der Waals surface area contributed by atoms with E-state index in [0.29, 0.717) is 38.1 Å². The molecule has 0 aliphatic carbocycles. The SMILES string of the molecule is FN1CCC(CNC2CCN(F)CC2)CC1. The minimum absolute atomic E-state index is 0.454. The van der Waals surface area contributed by atoms with Crippen molar-refractivity contribution in [3.63, 3.8) is 0 Å². The van der Waals surface area contributed by atoms with Crippen LogP contribution in [0.15, 0.2) is 0 Å². The Bertz CT molecular complexity index is 177. The molecule has 2 heterocycles. The predicted molar refractivity (Wildman–Crippen MR) is 59.1 cm³/mol. The molecule has 2 aliphatic rings. The number of nitrogens with one attached hydrogen (secondary N) is 1. The number of halogens is 2. The van der Waals surface area contributed by atoms with Gasteiger partial charge in [-0.2, -0.15) is 0 Å². The molecule has 0 aromatic carbocycles. The van der Waals surface area contributed by atoms with Crippen LogP contribution < -0.4 is 5.32 Å². The van der Waals surface area contributed by atoms with Gasteiger partial charge in [0.1, 0.15) is 0 Å². The van der Waals surface area contributed by atoms with Crippen molar-refractivity contribution < 1.29 is 8.96 Å². The lowest BCUT2D eigenvalue weighted by Gasteiger charge is -2.30. The molecule has 2 aliphatic heterocycles. The molecular weight excluding hydrogens is 212 g/mol. The summed E-state index contributed by atoms with van der Waals surface area (Å²) < 4.78 is 25.5. The molecule has 94 valence electrons. The lowest BCUT2D eigenvalue weighted by Crippen LogP contribution is -2.42. The Kier molecular flexibility index (Phi) is 4.49. The largest absolute Gasteiger partial charge is 0.314 e. The molecule has 0 aromatic heterocycles. The third kappa shape index (κ3) is 3.64. The molecule has 0 amide bonds. The molecule has 3 nitrogen and oxygen atoms in total. The van der Waals surface area contributed by atoms with E-state index in [9.17, 15) is 8.96 Å². The van der Waals surface area contributed by atoms with Crippen molar-refractivity contribution >= 4 is 0 Å². The zero-order valence-electron chi connectivity index (χ0n) is 9.67. The van der Waals surface area contributed by atoms with E-state index in [4.69, 9.17) is 0 Å². The summed E-state index contributed by atoms with van der Waals surface area (Å²) in [5.41, 5.74) is 0. The van der Waals surface area contributed by atoms with Crippen molar-refractivity contribution in [2.45, 2.75) is 31.7 Å². The molecular formula is C11H21F2N3. The Labute approximate surface area is 95.6 Å². The van der Waals surface area contributed by atoms with Gasteiger partial charge in [-0.05, 0) is 38.1 Å². The topological polar surface area (TPSA) is 18.5 Å². The molecule has 2 fully saturated rings. The van der Waals surface area contributed by atoms with E-state index in [-0.39, 0.29) is 0 Å². The fourth-order valence-corrected chi connectivity index (χ4v) is 2.49. The Morgan fingerprint density at radius 1 is 0.875 bits per heavy atom. The summed E-state index contributed by atoms with van der Waals surface area (Å²) in [5, 5.41) is 5.28. The smallest absolute Gasteiger partial charge is 0.0305 e. The normalized spacial score (nSPS) is 27.4. The summed E-state index contributed by atoms with van der Waals surface area (Å²) in [6.07, 6.45) is 3.65. The van der Waals surface area contributed by atoms with Crippen molar-refractivity contribution in [1.82, 2.24) is 15.6 Å². The lowest BCUT2D eigenvalue weighted by molar-refractivity contribution is -0.0129. The maximum absolute atomic E-state index is 12.8. The summed E-state index contributed by atoms with van der Waals surface area (Å²) in [4.78, 5) is 0. The van der Waals surface area contributed by atoms with E-state index in [1.807, 2.05) is 0 Å². The monoisotopic (exact) mass is 233 g/mol. The number of rotatable bonds is 3. The van der Waals surface area contributed by atoms with E-state index in [0.717, 1.165) is 42.5 Å². The first kappa shape index (κ1) is 12.2. The van der Waals surface area contributed by atoms with Gasteiger partial charge in [-0.25, -0.2) is 0 Å². The fraction of sp³-hybridized carbons (Fsp3) is 1.00. The van der Waals surface area contributed by atoms with Crippen LogP contribution in [0.25, 0.3) is 0 Å². The van der Waals surface area contributed by atoms with Crippen LogP contribution in [0.3, 0.4) is 0 Å². The molecule has 5 heteroatoms. The van der Waals surface area contributed by atoms with Gasteiger partial charge in [-0.3, -0.25) is 0 Å². The molecule has 0 saturated carbocycles. The average Bonchev–Trinajstić information content (AvgIpc) is 2.30. The quantitative estimate of drug-likeness (QED) is 0.746. The van der Waals surface area contributed by atoms with Gasteiger partial charge in [0.25, 0.3) is 0 Å². The number of hydrogen-bond acceptors (Lipinski definition) is 3. The second-order valence-electron chi connectivity index (χ2n) is 4.95. The molecule has 0 radical (unpaired) electrons. The van der Waals surface area contributed by atoms with Crippen LogP contribution in [0.5, 0.6) is 0 Å². The van der Waals surface area contributed by atoms with E-state index < -0.39 is 0 Å². The van der Waals surface area contributed by atoms with Gasteiger partial charge in [0.2, 0.25) is 0 Å². The van der Waals surface area contributed by atoms with E-state index in [1.165, 1.54) is 0 Å². The Morgan fingerprint density at radius 3 is 1.94 bits per heavy atom. The van der Waals surface area contributed by atoms with Gasteiger partial charge in [0.15, 0.2) is 0 Å². The summed E-state index contributed by atoms with van der Waals surface area (Å²) in [6, 6.07) is 0.454. The highest BCUT2D eigenvalue weighted by Gasteiger charge is 2.22. The van der Waals surface area contributed by atoms with Crippen molar-refractivity contribution in [3.05, 3.63) is 0 Å². The van der Waals surface area contributed by atoms with Crippen molar-refractivity contribution in [2.24, 2.45) is 5.92 Å². The number of hydrogen-bond donors (Lipinski definition) is 1. The van der Waals surface area contributed by atoms with Crippen LogP contribution >= 0.6 is 0 Å². The van der Waals surface area contributed by atoms with Gasteiger partial charge >= 0.3 is 0 Å². The molecule has 0 bridgehead atoms. The Morgan fingerprint density at radius 2 is 1.38 bits per heavy atom. The van der Waals surface area contributed by atoms with E-state index in [1.54, 1.807) is 0 Å². The maximum atomic E-state index is 12.8. The van der Waals surface area contributed by atoms with Gasteiger partial charge < -0.3 is 5.32 Å². The predicted octanol–water partition coefficient (Wildman–Crippen LogP) is 1.52. The first-order valence-electron chi connectivity index (χ1n) is 6.29. The van der Waals surface area contributed by atoms with Crippen LogP contribution in [0, 0.1) is 5.92 Å². The van der Waals surface area contributed by atoms with E-state index >= 15 is 0 Å². The molecule has 1 N–H and O–H groups in total. The standard InChI is InChI=1S/C11H21F2N3/c12-15-5-1-10(2-6-15)9-14-11-3-7-16(13)8-4-11/h10-11,14H,1-9H2. The molecule has 0 unspecified atom stereocenters. The van der Waals surface area contributed by atoms with Gasteiger partial charge in [-0.15, -0.1) is 19.2 Å². The number of nitrogens with zero attached hydrogens (tertiary/aromatic N) is 2. The molecule has 0 aromatic rings. The highest BCUT2D eigenvalue weighted by Crippen LogP contribution is 2.17. The molecule has 2 rings (SSSR count). The zero-order chi connectivity index (χ0) is 11.4. The summed E-state index contributed by atoms with van der Waals surface area (Å²) in [6.45, 7) is 3.18. The van der Waals surface area contributed by atoms with Crippen molar-refractivity contribution in [3.8, 4) is 0 Å². The van der Waals surface area contributed by atoms with Gasteiger partial charge in [-0.1, -0.05) is 0 Å². The summed E-state index contributed by atoms with van der Waals surface area (Å²) >= 11 is 0. The molecule has 0 spiro atoms. The minimum Gasteiger partial charge on any atom is -0.314 e. The number of piperidine rings is 2. The lowest BCUT2D eigenvalue weighted by atomic mass is 9.97. The van der Waals surface area contributed by atoms with Crippen LogP contribution in [-0.4, -0.2) is 49.0 Å². The molecule has 2 saturated heterocycles. The van der Waals surface area contributed by atoms with Gasteiger partial charge in [0, 0.05) is 32.2 Å². The Hall–Kier alpha value is -0.260. The third-order valence-electron chi connectivity index (χ3n) is 3.70. The van der Waals surface area contributed by atoms with Crippen LogP contribution in [-0.2, 0) is 0 Å². The van der Waals surface area contributed by atoms with Crippen molar-refractivity contribution in [2.75, 3.05) is 32.7 Å². The molecule has 16 heavy (non-hydrogen) atoms. The zero-order valence-corrected chi connectivity index (χ0v) is 9.67. The van der Waals surface area contributed by atoms with Gasteiger partial charge in [0.05, 0.1) is 0 Å². The second-order valence-corrected chi connectivity index (χ2v) is 4.95. The highest BCUT2D eigenvalue weighted by molar-refractivity contribution is 4.77. The molecule has 0 atom stereocenters. The second kappa shape index (κ2) is 5.89. The van der Waals surface area contributed by atoms with Crippen LogP contribution in [0.2, 0.25) is 0 Å². The highest BCUT2D eigenvalue weighted by atomic mass is 19.2. The summed E-state index contributed by atoms with van der Waals surface area (Å²) in [5.74, 6) is 0.593. The first-order valence-corrected chi connectivity index (χ1v) is 6.29. The summed E-state index contributed by atoms with van der Waals surface area (Å²) in [7, 11) is 0. The fourth-order valence-electron chi connectivity index (χ4n) is 2.49.